The first-order chi connectivity index (χ1) is 7.70. The number of pyridine rings is 1. The molecule has 0 bridgehead atoms. The van der Waals surface area contributed by atoms with Crippen LogP contribution in [0.5, 0.6) is 0 Å². The molecule has 1 aromatic heterocycles. The normalized spacial score (nSPS) is 19.4. The molecule has 1 N–H and O–H groups in total. The number of hydrogen-bond acceptors (Lipinski definition) is 4. The SMILES string of the molecule is N#Cc1ccnc(N2CCC(C(=O)O)C2)c1. The summed E-state index contributed by atoms with van der Waals surface area (Å²) < 4.78 is 0. The lowest BCUT2D eigenvalue weighted by molar-refractivity contribution is -0.140. The van der Waals surface area contributed by atoms with Gasteiger partial charge in [0.1, 0.15) is 5.82 Å². The molecule has 0 aliphatic carbocycles. The van der Waals surface area contributed by atoms with E-state index < -0.39 is 5.97 Å². The van der Waals surface area contributed by atoms with Crippen molar-refractivity contribution in [2.75, 3.05) is 18.0 Å². The van der Waals surface area contributed by atoms with Crippen molar-refractivity contribution in [2.45, 2.75) is 6.42 Å². The minimum Gasteiger partial charge on any atom is -0.481 e. The highest BCUT2D eigenvalue weighted by Gasteiger charge is 2.28. The van der Waals surface area contributed by atoms with Gasteiger partial charge in [0.15, 0.2) is 0 Å². The Bertz CT molecular complexity index is 453. The monoisotopic (exact) mass is 217 g/mol. The Morgan fingerprint density at radius 1 is 1.69 bits per heavy atom. The second-order valence-electron chi connectivity index (χ2n) is 3.78. The highest BCUT2D eigenvalue weighted by molar-refractivity contribution is 5.71. The molecule has 2 heterocycles. The Balaban J connectivity index is 2.14. The van der Waals surface area contributed by atoms with E-state index in [1.54, 1.807) is 18.3 Å². The topological polar surface area (TPSA) is 77.2 Å². The maximum Gasteiger partial charge on any atom is 0.308 e. The van der Waals surface area contributed by atoms with Crippen molar-refractivity contribution in [3.63, 3.8) is 0 Å². The second-order valence-corrected chi connectivity index (χ2v) is 3.78. The first kappa shape index (κ1) is 10.4. The molecule has 1 aliphatic rings. The van der Waals surface area contributed by atoms with E-state index in [0.29, 0.717) is 30.9 Å². The number of carbonyl (C=O) groups is 1. The average molecular weight is 217 g/mol. The number of anilines is 1. The van der Waals surface area contributed by atoms with Crippen LogP contribution in [0.3, 0.4) is 0 Å². The lowest BCUT2D eigenvalue weighted by atomic mass is 10.1. The van der Waals surface area contributed by atoms with Crippen LogP contribution in [0.1, 0.15) is 12.0 Å². The van der Waals surface area contributed by atoms with Crippen molar-refractivity contribution in [1.29, 1.82) is 5.26 Å². The van der Waals surface area contributed by atoms with E-state index in [2.05, 4.69) is 4.98 Å². The molecule has 2 rings (SSSR count). The van der Waals surface area contributed by atoms with Crippen molar-refractivity contribution in [2.24, 2.45) is 5.92 Å². The summed E-state index contributed by atoms with van der Waals surface area (Å²) in [5.74, 6) is -0.408. The average Bonchev–Trinajstić information content (AvgIpc) is 2.78. The van der Waals surface area contributed by atoms with E-state index >= 15 is 0 Å². The fraction of sp³-hybridized carbons (Fsp3) is 0.364. The lowest BCUT2D eigenvalue weighted by Gasteiger charge is -2.16. The summed E-state index contributed by atoms with van der Waals surface area (Å²) in [7, 11) is 0. The van der Waals surface area contributed by atoms with Crippen molar-refractivity contribution < 1.29 is 9.90 Å². The van der Waals surface area contributed by atoms with E-state index in [0.717, 1.165) is 0 Å². The van der Waals surface area contributed by atoms with E-state index in [-0.39, 0.29) is 5.92 Å². The van der Waals surface area contributed by atoms with Gasteiger partial charge in [0.2, 0.25) is 0 Å². The third-order valence-electron chi connectivity index (χ3n) is 2.74. The van der Waals surface area contributed by atoms with Gasteiger partial charge >= 0.3 is 5.97 Å². The van der Waals surface area contributed by atoms with Crippen LogP contribution in [0.15, 0.2) is 18.3 Å². The van der Waals surface area contributed by atoms with E-state index in [4.69, 9.17) is 10.4 Å². The Kier molecular flexibility index (Phi) is 2.73. The van der Waals surface area contributed by atoms with Gasteiger partial charge in [0.25, 0.3) is 0 Å². The molecule has 5 nitrogen and oxygen atoms in total. The molecular formula is C11H11N3O2. The maximum atomic E-state index is 10.8. The molecular weight excluding hydrogens is 206 g/mol. The number of nitrogens with zero attached hydrogens (tertiary/aromatic N) is 3. The van der Waals surface area contributed by atoms with E-state index in [9.17, 15) is 4.79 Å². The molecule has 16 heavy (non-hydrogen) atoms. The van der Waals surface area contributed by atoms with Gasteiger partial charge < -0.3 is 10.0 Å². The fourth-order valence-electron chi connectivity index (χ4n) is 1.83. The minimum absolute atomic E-state index is 0.326. The number of carboxylic acids is 1. The zero-order chi connectivity index (χ0) is 11.5. The number of aromatic nitrogens is 1. The standard InChI is InChI=1S/C11H11N3O2/c12-6-8-1-3-13-10(5-8)14-4-2-9(7-14)11(15)16/h1,3,5,9H,2,4,7H2,(H,15,16). The number of rotatable bonds is 2. The predicted molar refractivity (Wildman–Crippen MR) is 56.9 cm³/mol. The first-order valence-electron chi connectivity index (χ1n) is 5.04. The molecule has 82 valence electrons. The van der Waals surface area contributed by atoms with Gasteiger partial charge in [-0.05, 0) is 18.6 Å². The van der Waals surface area contributed by atoms with Crippen LogP contribution in [0.25, 0.3) is 0 Å². The van der Waals surface area contributed by atoms with Crippen molar-refractivity contribution in [3.05, 3.63) is 23.9 Å². The van der Waals surface area contributed by atoms with Gasteiger partial charge in [0.05, 0.1) is 17.6 Å². The van der Waals surface area contributed by atoms with Crippen LogP contribution in [-0.4, -0.2) is 29.1 Å². The molecule has 1 atom stereocenters. The molecule has 1 aromatic rings. The lowest BCUT2D eigenvalue weighted by Crippen LogP contribution is -2.23. The summed E-state index contributed by atoms with van der Waals surface area (Å²) in [6, 6.07) is 5.36. The largest absolute Gasteiger partial charge is 0.481 e. The molecule has 0 saturated carbocycles. The van der Waals surface area contributed by atoms with Crippen LogP contribution in [-0.2, 0) is 4.79 Å². The Labute approximate surface area is 92.9 Å². The Hall–Kier alpha value is -2.09. The highest BCUT2D eigenvalue weighted by Crippen LogP contribution is 2.22. The molecule has 1 unspecified atom stereocenters. The van der Waals surface area contributed by atoms with Gasteiger partial charge in [-0.1, -0.05) is 0 Å². The second kappa shape index (κ2) is 4.19. The smallest absolute Gasteiger partial charge is 0.308 e. The molecule has 1 saturated heterocycles. The molecule has 5 heteroatoms. The summed E-state index contributed by atoms with van der Waals surface area (Å²) >= 11 is 0. The third-order valence-corrected chi connectivity index (χ3v) is 2.74. The molecule has 1 aliphatic heterocycles. The number of hydrogen-bond donors (Lipinski definition) is 1. The first-order valence-corrected chi connectivity index (χ1v) is 5.04. The van der Waals surface area contributed by atoms with Crippen molar-refractivity contribution >= 4 is 11.8 Å². The van der Waals surface area contributed by atoms with Crippen LogP contribution in [0.4, 0.5) is 5.82 Å². The predicted octanol–water partition coefficient (Wildman–Crippen LogP) is 0.864. The Morgan fingerprint density at radius 3 is 3.12 bits per heavy atom. The third kappa shape index (κ3) is 1.96. The molecule has 0 spiro atoms. The summed E-state index contributed by atoms with van der Waals surface area (Å²) in [5, 5.41) is 17.6. The summed E-state index contributed by atoms with van der Waals surface area (Å²) in [6.07, 6.45) is 2.20. The van der Waals surface area contributed by atoms with Crippen LogP contribution in [0, 0.1) is 17.2 Å². The minimum atomic E-state index is -0.765. The van der Waals surface area contributed by atoms with E-state index in [1.807, 2.05) is 11.0 Å². The molecule has 1 fully saturated rings. The number of carboxylic acid groups (broad SMARTS) is 1. The summed E-state index contributed by atoms with van der Waals surface area (Å²) in [4.78, 5) is 16.8. The van der Waals surface area contributed by atoms with Crippen LogP contribution in [0.2, 0.25) is 0 Å². The van der Waals surface area contributed by atoms with Crippen molar-refractivity contribution in [3.8, 4) is 6.07 Å². The highest BCUT2D eigenvalue weighted by atomic mass is 16.4. The van der Waals surface area contributed by atoms with E-state index in [1.165, 1.54) is 0 Å². The Morgan fingerprint density at radius 2 is 2.50 bits per heavy atom. The van der Waals surface area contributed by atoms with Gasteiger partial charge in [-0.25, -0.2) is 4.98 Å². The zero-order valence-electron chi connectivity index (χ0n) is 8.63. The zero-order valence-corrected chi connectivity index (χ0v) is 8.63. The maximum absolute atomic E-state index is 10.8. The summed E-state index contributed by atoms with van der Waals surface area (Å²) in [6.45, 7) is 1.15. The van der Waals surface area contributed by atoms with Gasteiger partial charge in [-0.2, -0.15) is 5.26 Å². The number of aliphatic carboxylic acids is 1. The quantitative estimate of drug-likeness (QED) is 0.795. The van der Waals surface area contributed by atoms with Gasteiger partial charge in [0, 0.05) is 19.3 Å². The fourth-order valence-corrected chi connectivity index (χ4v) is 1.83. The van der Waals surface area contributed by atoms with Crippen LogP contribution < -0.4 is 4.90 Å². The van der Waals surface area contributed by atoms with Gasteiger partial charge in [-0.15, -0.1) is 0 Å². The van der Waals surface area contributed by atoms with Crippen molar-refractivity contribution in [1.82, 2.24) is 4.98 Å². The molecule has 0 aromatic carbocycles. The molecule has 0 radical (unpaired) electrons. The van der Waals surface area contributed by atoms with Crippen LogP contribution >= 0.6 is 0 Å². The van der Waals surface area contributed by atoms with Gasteiger partial charge in [-0.3, -0.25) is 4.79 Å². The summed E-state index contributed by atoms with van der Waals surface area (Å²) in [5.41, 5.74) is 0.545. The molecule has 0 amide bonds. The number of nitriles is 1.